The Balaban J connectivity index is 1.16. The molecular formula is C58H57NO16. The minimum absolute atomic E-state index is 0.0715. The van der Waals surface area contributed by atoms with Gasteiger partial charge in [-0.05, 0) is 69.9 Å². The van der Waals surface area contributed by atoms with Crippen molar-refractivity contribution < 1.29 is 76.1 Å². The Morgan fingerprint density at radius 3 is 1.69 bits per heavy atom. The molecule has 0 radical (unpaired) electrons. The van der Waals surface area contributed by atoms with Gasteiger partial charge in [-0.25, -0.2) is 0 Å². The Hall–Kier alpha value is -7.51. The maximum atomic E-state index is 14.8. The van der Waals surface area contributed by atoms with Gasteiger partial charge in [-0.3, -0.25) is 28.9 Å². The second kappa shape index (κ2) is 24.2. The molecule has 390 valence electrons. The summed E-state index contributed by atoms with van der Waals surface area (Å²) in [7, 11) is 1.53. The Kier molecular flexibility index (Phi) is 16.9. The van der Waals surface area contributed by atoms with Gasteiger partial charge in [-0.15, -0.1) is 0 Å². The standard InChI is InChI=1S/C58H57NO16/c1-35(60)67-34-48-51(70-36(2)61)53(69-32-40-23-24-41-19-11-12-20-42(41)29-40)54(71-37(3)62)58(74-48)75-50-47(33-66-30-38-15-7-5-8-16-38)73-57(72-44-27-25-43(65-4)26-28-44)49(52(50)68-31-39-17-9-6-10-18-39)59-55(63)45-21-13-14-22-46(45)56(59)64/h5-29,47-54,57-58H,30-34H2,1-4H3/t47-,48-,49-,50-,51-,52-,53+,54-,57-,58?/m1/s1. The van der Waals surface area contributed by atoms with Crippen LogP contribution in [-0.2, 0) is 76.8 Å². The molecule has 9 rings (SSSR count). The lowest BCUT2D eigenvalue weighted by Gasteiger charge is -2.50. The highest BCUT2D eigenvalue weighted by atomic mass is 16.8. The first-order valence-electron chi connectivity index (χ1n) is 24.5. The summed E-state index contributed by atoms with van der Waals surface area (Å²) in [5, 5.41) is 1.93. The molecule has 3 aliphatic rings. The number of ether oxygens (including phenoxy) is 11. The Labute approximate surface area is 433 Å². The van der Waals surface area contributed by atoms with E-state index in [1.54, 1.807) is 48.5 Å². The average Bonchev–Trinajstić information content (AvgIpc) is 3.66. The number of benzene rings is 6. The number of hydrogen-bond acceptors (Lipinski definition) is 16. The van der Waals surface area contributed by atoms with Crippen molar-refractivity contribution in [2.45, 2.75) is 102 Å². The first-order chi connectivity index (χ1) is 36.4. The summed E-state index contributed by atoms with van der Waals surface area (Å²) in [6.07, 6.45) is -12.4. The minimum atomic E-state index is -1.64. The summed E-state index contributed by atoms with van der Waals surface area (Å²) < 4.78 is 70.4. The number of fused-ring (bicyclic) bond motifs is 2. The minimum Gasteiger partial charge on any atom is -0.497 e. The van der Waals surface area contributed by atoms with Crippen LogP contribution in [0.15, 0.2) is 152 Å². The molecule has 3 heterocycles. The maximum absolute atomic E-state index is 14.8. The van der Waals surface area contributed by atoms with Crippen LogP contribution in [0.4, 0.5) is 0 Å². The van der Waals surface area contributed by atoms with Crippen molar-refractivity contribution in [2.75, 3.05) is 20.3 Å². The smallest absolute Gasteiger partial charge is 0.303 e. The maximum Gasteiger partial charge on any atom is 0.303 e. The van der Waals surface area contributed by atoms with Crippen molar-refractivity contribution in [3.05, 3.63) is 179 Å². The van der Waals surface area contributed by atoms with Crippen LogP contribution in [0.2, 0.25) is 0 Å². The van der Waals surface area contributed by atoms with E-state index in [0.29, 0.717) is 11.5 Å². The van der Waals surface area contributed by atoms with Crippen LogP contribution in [0, 0.1) is 0 Å². The topological polar surface area (TPSA) is 190 Å². The summed E-state index contributed by atoms with van der Waals surface area (Å²) in [4.78, 5) is 69.3. The molecule has 17 nitrogen and oxygen atoms in total. The second-order valence-electron chi connectivity index (χ2n) is 18.2. The number of imide groups is 1. The molecule has 1 unspecified atom stereocenters. The first kappa shape index (κ1) is 52.4. The van der Waals surface area contributed by atoms with Gasteiger partial charge in [-0.2, -0.15) is 0 Å². The SMILES string of the molecule is COc1ccc(O[C@@H]2O[C@H](COCc3ccccc3)[C@@H](OC3O[C@H](COC(C)=O)[C@@H](OC(C)=O)[C@H](OCc4ccc5ccccc5c4)[C@H]3OC(C)=O)[C@H](OCc3ccccc3)[C@H]2N2C(=O)c3ccccc3C2=O)cc1. The lowest BCUT2D eigenvalue weighted by atomic mass is 9.93. The molecule has 2 amide bonds. The predicted molar refractivity (Wildman–Crippen MR) is 268 cm³/mol. The third kappa shape index (κ3) is 12.5. The van der Waals surface area contributed by atoms with E-state index in [-0.39, 0.29) is 37.6 Å². The Bertz CT molecular complexity index is 2900. The van der Waals surface area contributed by atoms with Crippen molar-refractivity contribution in [1.29, 1.82) is 0 Å². The molecule has 6 aromatic rings. The highest BCUT2D eigenvalue weighted by Gasteiger charge is 2.59. The second-order valence-corrected chi connectivity index (χ2v) is 18.2. The molecule has 10 atom stereocenters. The number of methoxy groups -OCH3 is 1. The van der Waals surface area contributed by atoms with Gasteiger partial charge in [0.15, 0.2) is 18.5 Å². The molecule has 2 fully saturated rings. The third-order valence-corrected chi connectivity index (χ3v) is 12.9. The van der Waals surface area contributed by atoms with Gasteiger partial charge >= 0.3 is 17.9 Å². The monoisotopic (exact) mass is 1020 g/mol. The average molecular weight is 1020 g/mol. The van der Waals surface area contributed by atoms with E-state index in [2.05, 4.69) is 0 Å². The van der Waals surface area contributed by atoms with Crippen molar-refractivity contribution in [2.24, 2.45) is 0 Å². The predicted octanol–water partition coefficient (Wildman–Crippen LogP) is 7.54. The molecular weight excluding hydrogens is 967 g/mol. The van der Waals surface area contributed by atoms with Crippen LogP contribution in [0.5, 0.6) is 11.5 Å². The Morgan fingerprint density at radius 2 is 1.05 bits per heavy atom. The van der Waals surface area contributed by atoms with Gasteiger partial charge in [0, 0.05) is 20.8 Å². The van der Waals surface area contributed by atoms with E-state index < -0.39 is 97.7 Å². The number of amides is 2. The molecule has 0 N–H and O–H groups in total. The number of esters is 3. The number of carbonyl (C=O) groups is 5. The summed E-state index contributed by atoms with van der Waals surface area (Å²) in [6.45, 7) is 2.94. The fraction of sp³-hybridized carbons (Fsp3) is 0.328. The van der Waals surface area contributed by atoms with Gasteiger partial charge in [0.2, 0.25) is 6.29 Å². The van der Waals surface area contributed by atoms with Gasteiger partial charge < -0.3 is 52.1 Å². The van der Waals surface area contributed by atoms with Crippen LogP contribution in [0.3, 0.4) is 0 Å². The highest BCUT2D eigenvalue weighted by Crippen LogP contribution is 2.40. The number of rotatable bonds is 20. The highest BCUT2D eigenvalue weighted by molar-refractivity contribution is 6.21. The fourth-order valence-electron chi connectivity index (χ4n) is 9.49. The summed E-state index contributed by atoms with van der Waals surface area (Å²) in [6, 6.07) is 44.0. The van der Waals surface area contributed by atoms with E-state index in [0.717, 1.165) is 32.4 Å². The van der Waals surface area contributed by atoms with Gasteiger partial charge in [0.25, 0.3) is 11.8 Å². The molecule has 17 heteroatoms. The van der Waals surface area contributed by atoms with Crippen LogP contribution in [0.1, 0.15) is 58.2 Å². The lowest BCUT2D eigenvalue weighted by molar-refractivity contribution is -0.354. The number of hydrogen-bond donors (Lipinski definition) is 0. The number of carbonyl (C=O) groups excluding carboxylic acids is 5. The normalized spacial score (nSPS) is 24.3. The van der Waals surface area contributed by atoms with E-state index in [1.807, 2.05) is 103 Å². The zero-order valence-corrected chi connectivity index (χ0v) is 41.7. The van der Waals surface area contributed by atoms with Gasteiger partial charge in [0.1, 0.15) is 54.7 Å². The van der Waals surface area contributed by atoms with Crippen molar-refractivity contribution >= 4 is 40.5 Å². The molecule has 0 spiro atoms. The lowest BCUT2D eigenvalue weighted by Crippen LogP contribution is -2.70. The van der Waals surface area contributed by atoms with E-state index in [9.17, 15) is 24.0 Å². The Morgan fingerprint density at radius 1 is 0.507 bits per heavy atom. The van der Waals surface area contributed by atoms with Crippen LogP contribution < -0.4 is 9.47 Å². The quantitative estimate of drug-likeness (QED) is 0.0414. The van der Waals surface area contributed by atoms with Gasteiger partial charge in [-0.1, -0.05) is 109 Å². The zero-order chi connectivity index (χ0) is 52.4. The number of nitrogens with zero attached hydrogens (tertiary/aromatic N) is 1. The van der Waals surface area contributed by atoms with Crippen molar-refractivity contribution in [1.82, 2.24) is 4.90 Å². The van der Waals surface area contributed by atoms with E-state index in [4.69, 9.17) is 52.1 Å². The molecule has 0 bridgehead atoms. The molecule has 0 saturated carbocycles. The third-order valence-electron chi connectivity index (χ3n) is 12.9. The van der Waals surface area contributed by atoms with Crippen molar-refractivity contribution in [3.8, 4) is 11.5 Å². The largest absolute Gasteiger partial charge is 0.497 e. The zero-order valence-electron chi connectivity index (χ0n) is 41.7. The van der Waals surface area contributed by atoms with Gasteiger partial charge in [0.05, 0.1) is 44.7 Å². The van der Waals surface area contributed by atoms with E-state index >= 15 is 0 Å². The van der Waals surface area contributed by atoms with Crippen LogP contribution in [0.25, 0.3) is 10.8 Å². The molecule has 0 aromatic heterocycles. The molecule has 2 saturated heterocycles. The molecule has 6 aromatic carbocycles. The van der Waals surface area contributed by atoms with Crippen molar-refractivity contribution in [3.63, 3.8) is 0 Å². The summed E-state index contributed by atoms with van der Waals surface area (Å²) in [5.74, 6) is -2.59. The molecule has 75 heavy (non-hydrogen) atoms. The molecule has 0 aliphatic carbocycles. The fourth-order valence-corrected chi connectivity index (χ4v) is 9.49. The van der Waals surface area contributed by atoms with Crippen LogP contribution >= 0.6 is 0 Å². The summed E-state index contributed by atoms with van der Waals surface area (Å²) in [5.41, 5.74) is 2.61. The first-order valence-corrected chi connectivity index (χ1v) is 24.5. The summed E-state index contributed by atoms with van der Waals surface area (Å²) >= 11 is 0. The van der Waals surface area contributed by atoms with E-state index in [1.165, 1.54) is 27.9 Å². The molecule has 3 aliphatic heterocycles. The van der Waals surface area contributed by atoms with Crippen LogP contribution in [-0.4, -0.2) is 116 Å².